The van der Waals surface area contributed by atoms with Crippen LogP contribution in [0.4, 0.5) is 0 Å². The number of rotatable bonds is 2. The summed E-state index contributed by atoms with van der Waals surface area (Å²) < 4.78 is 1.78. The van der Waals surface area contributed by atoms with Gasteiger partial charge in [-0.3, -0.25) is 4.79 Å². The van der Waals surface area contributed by atoms with Crippen LogP contribution >= 0.6 is 31.9 Å². The van der Waals surface area contributed by atoms with E-state index in [1.807, 2.05) is 51.1 Å². The van der Waals surface area contributed by atoms with E-state index in [9.17, 15) is 4.79 Å². The Morgan fingerprint density at radius 3 is 2.05 bits per heavy atom. The predicted molar refractivity (Wildman–Crippen MR) is 85.9 cm³/mol. The monoisotopic (exact) mass is 380 g/mol. The molecule has 0 aliphatic carbocycles. The average Bonchev–Trinajstić information content (AvgIpc) is 2.33. The fraction of sp³-hybridized carbons (Fsp3) is 0.188. The SMILES string of the molecule is Cc1cc(Br)c(C(=O)c2c(C)cccc2C)cc1Br. The van der Waals surface area contributed by atoms with Crippen molar-refractivity contribution < 1.29 is 4.79 Å². The molecule has 2 rings (SSSR count). The maximum atomic E-state index is 12.7. The van der Waals surface area contributed by atoms with Crippen LogP contribution in [0.2, 0.25) is 0 Å². The minimum absolute atomic E-state index is 0.0585. The first-order valence-corrected chi connectivity index (χ1v) is 7.57. The molecule has 1 nitrogen and oxygen atoms in total. The Kier molecular flexibility index (Phi) is 4.26. The van der Waals surface area contributed by atoms with Crippen molar-refractivity contribution in [1.29, 1.82) is 0 Å². The van der Waals surface area contributed by atoms with E-state index in [0.717, 1.165) is 31.2 Å². The van der Waals surface area contributed by atoms with E-state index in [0.29, 0.717) is 5.56 Å². The zero-order chi connectivity index (χ0) is 14.2. The van der Waals surface area contributed by atoms with Crippen molar-refractivity contribution in [2.45, 2.75) is 20.8 Å². The molecule has 0 amide bonds. The Morgan fingerprint density at radius 1 is 0.895 bits per heavy atom. The highest BCUT2D eigenvalue weighted by Crippen LogP contribution is 2.28. The van der Waals surface area contributed by atoms with E-state index >= 15 is 0 Å². The van der Waals surface area contributed by atoms with Gasteiger partial charge in [-0.25, -0.2) is 0 Å². The summed E-state index contributed by atoms with van der Waals surface area (Å²) in [4.78, 5) is 12.7. The van der Waals surface area contributed by atoms with E-state index in [-0.39, 0.29) is 5.78 Å². The van der Waals surface area contributed by atoms with Crippen LogP contribution in [0.25, 0.3) is 0 Å². The number of hydrogen-bond donors (Lipinski definition) is 0. The first-order valence-electron chi connectivity index (χ1n) is 5.98. The number of benzene rings is 2. The van der Waals surface area contributed by atoms with Gasteiger partial charge >= 0.3 is 0 Å². The molecule has 98 valence electrons. The van der Waals surface area contributed by atoms with Crippen molar-refractivity contribution in [2.24, 2.45) is 0 Å². The number of halogens is 2. The number of ketones is 1. The molecule has 0 bridgehead atoms. The molecule has 2 aromatic rings. The van der Waals surface area contributed by atoms with E-state index in [2.05, 4.69) is 31.9 Å². The molecule has 0 saturated heterocycles. The van der Waals surface area contributed by atoms with E-state index in [1.54, 1.807) is 0 Å². The highest BCUT2D eigenvalue weighted by atomic mass is 79.9. The minimum atomic E-state index is 0.0585. The summed E-state index contributed by atoms with van der Waals surface area (Å²) in [6, 6.07) is 9.76. The van der Waals surface area contributed by atoms with Gasteiger partial charge in [0.1, 0.15) is 0 Å². The summed E-state index contributed by atoms with van der Waals surface area (Å²) in [5.74, 6) is 0.0585. The van der Waals surface area contributed by atoms with Crippen LogP contribution in [0, 0.1) is 20.8 Å². The van der Waals surface area contributed by atoms with E-state index in [4.69, 9.17) is 0 Å². The number of carbonyl (C=O) groups excluding carboxylic acids is 1. The van der Waals surface area contributed by atoms with Gasteiger partial charge in [-0.15, -0.1) is 0 Å². The van der Waals surface area contributed by atoms with Crippen LogP contribution in [0.1, 0.15) is 32.6 Å². The zero-order valence-electron chi connectivity index (χ0n) is 11.1. The molecule has 0 saturated carbocycles. The lowest BCUT2D eigenvalue weighted by molar-refractivity contribution is 0.103. The maximum Gasteiger partial charge on any atom is 0.194 e. The molecular weight excluding hydrogens is 368 g/mol. The highest BCUT2D eigenvalue weighted by molar-refractivity contribution is 9.11. The van der Waals surface area contributed by atoms with Crippen LogP contribution in [0.5, 0.6) is 0 Å². The van der Waals surface area contributed by atoms with Crippen LogP contribution in [-0.4, -0.2) is 5.78 Å². The van der Waals surface area contributed by atoms with Crippen LogP contribution < -0.4 is 0 Å². The Labute approximate surface area is 130 Å². The summed E-state index contributed by atoms with van der Waals surface area (Å²) >= 11 is 6.97. The Hall–Kier alpha value is -0.930. The normalized spacial score (nSPS) is 10.6. The molecule has 0 spiro atoms. The molecule has 0 aromatic heterocycles. The van der Waals surface area contributed by atoms with E-state index in [1.165, 1.54) is 0 Å². The predicted octanol–water partition coefficient (Wildman–Crippen LogP) is 5.37. The molecule has 0 atom stereocenters. The van der Waals surface area contributed by atoms with Crippen molar-refractivity contribution >= 4 is 37.6 Å². The van der Waals surface area contributed by atoms with Crippen molar-refractivity contribution in [1.82, 2.24) is 0 Å². The lowest BCUT2D eigenvalue weighted by atomic mass is 9.94. The Balaban J connectivity index is 2.60. The van der Waals surface area contributed by atoms with Crippen LogP contribution in [-0.2, 0) is 0 Å². The molecule has 0 heterocycles. The average molecular weight is 382 g/mol. The third-order valence-corrected chi connectivity index (χ3v) is 4.71. The van der Waals surface area contributed by atoms with Gasteiger partial charge in [0.15, 0.2) is 5.78 Å². The largest absolute Gasteiger partial charge is 0.289 e. The first-order chi connectivity index (χ1) is 8.91. The molecule has 3 heteroatoms. The fourth-order valence-corrected chi connectivity index (χ4v) is 3.11. The van der Waals surface area contributed by atoms with E-state index < -0.39 is 0 Å². The lowest BCUT2D eigenvalue weighted by Gasteiger charge is -2.11. The second-order valence-electron chi connectivity index (χ2n) is 4.68. The van der Waals surface area contributed by atoms with Gasteiger partial charge in [0.05, 0.1) is 0 Å². The molecule has 0 N–H and O–H groups in total. The van der Waals surface area contributed by atoms with Crippen molar-refractivity contribution in [3.8, 4) is 0 Å². The molecule has 0 aliphatic rings. The molecule has 19 heavy (non-hydrogen) atoms. The first kappa shape index (κ1) is 14.5. The van der Waals surface area contributed by atoms with Gasteiger partial charge in [-0.2, -0.15) is 0 Å². The quantitative estimate of drug-likeness (QED) is 0.639. The third kappa shape index (κ3) is 2.82. The van der Waals surface area contributed by atoms with Crippen LogP contribution in [0.15, 0.2) is 39.3 Å². The lowest BCUT2D eigenvalue weighted by Crippen LogP contribution is -2.07. The second-order valence-corrected chi connectivity index (χ2v) is 6.39. The van der Waals surface area contributed by atoms with Gasteiger partial charge in [-0.05, 0) is 49.6 Å². The summed E-state index contributed by atoms with van der Waals surface area (Å²) in [6.07, 6.45) is 0. The summed E-state index contributed by atoms with van der Waals surface area (Å²) in [5.41, 5.74) is 4.60. The number of hydrogen-bond acceptors (Lipinski definition) is 1. The van der Waals surface area contributed by atoms with Gasteiger partial charge in [-0.1, -0.05) is 50.1 Å². The maximum absolute atomic E-state index is 12.7. The van der Waals surface area contributed by atoms with Crippen molar-refractivity contribution in [3.05, 3.63) is 67.1 Å². The summed E-state index contributed by atoms with van der Waals surface area (Å²) in [5, 5.41) is 0. The van der Waals surface area contributed by atoms with Gasteiger partial charge < -0.3 is 0 Å². The van der Waals surface area contributed by atoms with Crippen molar-refractivity contribution in [3.63, 3.8) is 0 Å². The summed E-state index contributed by atoms with van der Waals surface area (Å²) in [6.45, 7) is 5.94. The van der Waals surface area contributed by atoms with Gasteiger partial charge in [0, 0.05) is 20.1 Å². The Morgan fingerprint density at radius 2 is 1.47 bits per heavy atom. The summed E-state index contributed by atoms with van der Waals surface area (Å²) in [7, 11) is 0. The zero-order valence-corrected chi connectivity index (χ0v) is 14.2. The molecule has 0 aliphatic heterocycles. The highest BCUT2D eigenvalue weighted by Gasteiger charge is 2.17. The molecular formula is C16H14Br2O. The second kappa shape index (κ2) is 5.59. The third-order valence-electron chi connectivity index (χ3n) is 3.20. The number of carbonyl (C=O) groups is 1. The Bertz CT molecular complexity index is 640. The standard InChI is InChI=1S/C16H14Br2O/c1-9-5-4-6-10(2)15(9)16(19)12-8-13(17)11(3)7-14(12)18/h4-8H,1-3H3. The van der Waals surface area contributed by atoms with Gasteiger partial charge in [0.25, 0.3) is 0 Å². The minimum Gasteiger partial charge on any atom is -0.289 e. The molecule has 0 fully saturated rings. The molecule has 2 aromatic carbocycles. The number of aryl methyl sites for hydroxylation is 3. The smallest absolute Gasteiger partial charge is 0.194 e. The van der Waals surface area contributed by atoms with Crippen LogP contribution in [0.3, 0.4) is 0 Å². The molecule has 0 radical (unpaired) electrons. The molecule has 0 unspecified atom stereocenters. The van der Waals surface area contributed by atoms with Crippen molar-refractivity contribution in [2.75, 3.05) is 0 Å². The topological polar surface area (TPSA) is 17.1 Å². The van der Waals surface area contributed by atoms with Gasteiger partial charge in [0.2, 0.25) is 0 Å². The fourth-order valence-electron chi connectivity index (χ4n) is 2.13.